The van der Waals surface area contributed by atoms with Crippen LogP contribution in [0.15, 0.2) is 4.52 Å². The molecule has 76 valence electrons. The van der Waals surface area contributed by atoms with Gasteiger partial charge in [0.25, 0.3) is 0 Å². The lowest BCUT2D eigenvalue weighted by Crippen LogP contribution is -2.15. The lowest BCUT2D eigenvalue weighted by Gasteiger charge is -2.13. The van der Waals surface area contributed by atoms with Gasteiger partial charge in [0.1, 0.15) is 5.88 Å². The first kappa shape index (κ1) is 8.68. The van der Waals surface area contributed by atoms with Crippen LogP contribution >= 0.6 is 11.6 Å². The smallest absolute Gasteiger partial charge is 0.241 e. The number of hydrogen-bond donors (Lipinski definition) is 0. The first-order chi connectivity index (χ1) is 6.86. The molecule has 2 aliphatic heterocycles. The molecule has 0 aromatic carbocycles. The third-order valence-electron chi connectivity index (χ3n) is 3.04. The average molecular weight is 215 g/mol. The van der Waals surface area contributed by atoms with E-state index in [-0.39, 0.29) is 5.88 Å². The summed E-state index contributed by atoms with van der Waals surface area (Å²) in [5.74, 6) is 1.89. The zero-order valence-corrected chi connectivity index (χ0v) is 8.41. The average Bonchev–Trinajstić information content (AvgIpc) is 2.93. The molecule has 3 heterocycles. The van der Waals surface area contributed by atoms with Crippen LogP contribution in [-0.2, 0) is 10.6 Å². The van der Waals surface area contributed by atoms with Crippen molar-refractivity contribution in [3.8, 4) is 0 Å². The Morgan fingerprint density at radius 2 is 2.36 bits per heavy atom. The van der Waals surface area contributed by atoms with Gasteiger partial charge in [0.05, 0.1) is 18.1 Å². The SMILES string of the molecule is ClCc1nc(C2CC3CCC2O3)no1. The summed E-state index contributed by atoms with van der Waals surface area (Å²) in [6.45, 7) is 0. The van der Waals surface area contributed by atoms with Crippen molar-refractivity contribution in [1.29, 1.82) is 0 Å². The van der Waals surface area contributed by atoms with E-state index >= 15 is 0 Å². The summed E-state index contributed by atoms with van der Waals surface area (Å²) in [6.07, 6.45) is 4.07. The molecule has 14 heavy (non-hydrogen) atoms. The monoisotopic (exact) mass is 214 g/mol. The Kier molecular flexibility index (Phi) is 1.99. The Labute approximate surface area is 86.6 Å². The quantitative estimate of drug-likeness (QED) is 0.705. The highest BCUT2D eigenvalue weighted by Crippen LogP contribution is 2.43. The first-order valence-corrected chi connectivity index (χ1v) is 5.44. The number of alkyl halides is 1. The Balaban J connectivity index is 1.82. The summed E-state index contributed by atoms with van der Waals surface area (Å²) in [6, 6.07) is 0. The minimum atomic E-state index is 0.286. The molecule has 2 saturated heterocycles. The van der Waals surface area contributed by atoms with Crippen molar-refractivity contribution < 1.29 is 9.26 Å². The van der Waals surface area contributed by atoms with Crippen LogP contribution in [-0.4, -0.2) is 22.3 Å². The van der Waals surface area contributed by atoms with Crippen LogP contribution in [0.2, 0.25) is 0 Å². The largest absolute Gasteiger partial charge is 0.374 e. The van der Waals surface area contributed by atoms with Crippen molar-refractivity contribution in [3.05, 3.63) is 11.7 Å². The minimum Gasteiger partial charge on any atom is -0.374 e. The predicted molar refractivity (Wildman–Crippen MR) is 49.1 cm³/mol. The number of fused-ring (bicyclic) bond motifs is 2. The molecule has 3 atom stereocenters. The highest BCUT2D eigenvalue weighted by Gasteiger charge is 2.43. The summed E-state index contributed by atoms with van der Waals surface area (Å²) in [7, 11) is 0. The fraction of sp³-hybridized carbons (Fsp3) is 0.778. The molecule has 0 spiro atoms. The van der Waals surface area contributed by atoms with Crippen LogP contribution in [0.5, 0.6) is 0 Å². The van der Waals surface area contributed by atoms with Crippen molar-refractivity contribution >= 4 is 11.6 Å². The van der Waals surface area contributed by atoms with E-state index in [2.05, 4.69) is 10.1 Å². The molecule has 2 aliphatic rings. The second-order valence-electron chi connectivity index (χ2n) is 3.90. The zero-order valence-electron chi connectivity index (χ0n) is 7.65. The van der Waals surface area contributed by atoms with E-state index in [1.54, 1.807) is 0 Å². The molecular formula is C9H11ClN2O2. The van der Waals surface area contributed by atoms with Crippen molar-refractivity contribution in [3.63, 3.8) is 0 Å². The molecule has 0 saturated carbocycles. The van der Waals surface area contributed by atoms with Gasteiger partial charge in [-0.1, -0.05) is 5.16 Å². The molecule has 0 amide bonds. The maximum Gasteiger partial charge on any atom is 0.241 e. The van der Waals surface area contributed by atoms with Crippen LogP contribution in [0.1, 0.15) is 36.9 Å². The van der Waals surface area contributed by atoms with Crippen LogP contribution in [0.25, 0.3) is 0 Å². The summed E-state index contributed by atoms with van der Waals surface area (Å²) in [5, 5.41) is 3.94. The van der Waals surface area contributed by atoms with E-state index in [0.29, 0.717) is 24.0 Å². The zero-order chi connectivity index (χ0) is 9.54. The molecule has 2 fully saturated rings. The topological polar surface area (TPSA) is 48.2 Å². The van der Waals surface area contributed by atoms with E-state index in [9.17, 15) is 0 Å². The lowest BCUT2D eigenvalue weighted by molar-refractivity contribution is 0.0996. The second-order valence-corrected chi connectivity index (χ2v) is 4.16. The summed E-state index contributed by atoms with van der Waals surface area (Å²) < 4.78 is 10.7. The molecule has 0 aliphatic carbocycles. The maximum atomic E-state index is 5.73. The molecule has 0 radical (unpaired) electrons. The second kappa shape index (κ2) is 3.21. The van der Waals surface area contributed by atoms with Gasteiger partial charge in [-0.25, -0.2) is 0 Å². The van der Waals surface area contributed by atoms with Crippen molar-refractivity contribution in [2.45, 2.75) is 43.3 Å². The van der Waals surface area contributed by atoms with E-state index in [1.165, 1.54) is 6.42 Å². The number of nitrogens with zero attached hydrogens (tertiary/aromatic N) is 2. The Hall–Kier alpha value is -0.610. The van der Waals surface area contributed by atoms with Crippen LogP contribution in [0.3, 0.4) is 0 Å². The van der Waals surface area contributed by atoms with Crippen LogP contribution < -0.4 is 0 Å². The summed E-state index contributed by atoms with van der Waals surface area (Å²) in [5.41, 5.74) is 0. The minimum absolute atomic E-state index is 0.286. The van der Waals surface area contributed by atoms with Crippen LogP contribution in [0.4, 0.5) is 0 Å². The Bertz CT molecular complexity index is 341. The van der Waals surface area contributed by atoms with Gasteiger partial charge < -0.3 is 9.26 Å². The fourth-order valence-electron chi connectivity index (χ4n) is 2.38. The van der Waals surface area contributed by atoms with Crippen molar-refractivity contribution in [1.82, 2.24) is 10.1 Å². The molecule has 5 heteroatoms. The van der Waals surface area contributed by atoms with Gasteiger partial charge in [0.2, 0.25) is 5.89 Å². The summed E-state index contributed by atoms with van der Waals surface area (Å²) in [4.78, 5) is 4.24. The third-order valence-corrected chi connectivity index (χ3v) is 3.26. The fourth-order valence-corrected chi connectivity index (χ4v) is 2.49. The maximum absolute atomic E-state index is 5.73. The van der Waals surface area contributed by atoms with E-state index in [1.807, 2.05) is 0 Å². The molecule has 4 nitrogen and oxygen atoms in total. The van der Waals surface area contributed by atoms with Gasteiger partial charge in [-0.05, 0) is 19.3 Å². The molecule has 1 aromatic rings. The first-order valence-electron chi connectivity index (χ1n) is 4.90. The van der Waals surface area contributed by atoms with Gasteiger partial charge in [-0.3, -0.25) is 0 Å². The highest BCUT2D eigenvalue weighted by molar-refractivity contribution is 6.16. The lowest BCUT2D eigenvalue weighted by atomic mass is 9.89. The number of ether oxygens (including phenoxy) is 1. The Morgan fingerprint density at radius 1 is 1.43 bits per heavy atom. The molecule has 3 rings (SSSR count). The number of aromatic nitrogens is 2. The van der Waals surface area contributed by atoms with Gasteiger partial charge in [0.15, 0.2) is 5.82 Å². The summed E-state index contributed by atoms with van der Waals surface area (Å²) >= 11 is 5.60. The normalized spacial score (nSPS) is 35.4. The number of halogens is 1. The predicted octanol–water partition coefficient (Wildman–Crippen LogP) is 1.84. The van der Waals surface area contributed by atoms with Crippen molar-refractivity contribution in [2.75, 3.05) is 0 Å². The number of hydrogen-bond acceptors (Lipinski definition) is 4. The molecule has 2 bridgehead atoms. The van der Waals surface area contributed by atoms with Crippen LogP contribution in [0, 0.1) is 0 Å². The Morgan fingerprint density at radius 3 is 2.93 bits per heavy atom. The van der Waals surface area contributed by atoms with Gasteiger partial charge in [0, 0.05) is 0 Å². The standard InChI is InChI=1S/C9H11ClN2O2/c10-4-8-11-9(12-14-8)6-3-5-1-2-7(6)13-5/h5-7H,1-4H2. The molecule has 0 N–H and O–H groups in total. The van der Waals surface area contributed by atoms with E-state index < -0.39 is 0 Å². The highest BCUT2D eigenvalue weighted by atomic mass is 35.5. The van der Waals surface area contributed by atoms with Gasteiger partial charge in [-0.15, -0.1) is 11.6 Å². The van der Waals surface area contributed by atoms with Gasteiger partial charge in [-0.2, -0.15) is 4.98 Å². The van der Waals surface area contributed by atoms with Gasteiger partial charge >= 0.3 is 0 Å². The third kappa shape index (κ3) is 1.25. The van der Waals surface area contributed by atoms with Crippen molar-refractivity contribution in [2.24, 2.45) is 0 Å². The van der Waals surface area contributed by atoms with E-state index in [4.69, 9.17) is 20.9 Å². The molecule has 3 unspecified atom stereocenters. The number of rotatable bonds is 2. The molecule has 1 aromatic heterocycles. The van der Waals surface area contributed by atoms with E-state index in [0.717, 1.165) is 18.7 Å². The molecular weight excluding hydrogens is 204 g/mol.